The van der Waals surface area contributed by atoms with Gasteiger partial charge in [-0.25, -0.2) is 9.50 Å². The van der Waals surface area contributed by atoms with Gasteiger partial charge in [0, 0.05) is 6.04 Å². The maximum Gasteiger partial charge on any atom is 0.270 e. The van der Waals surface area contributed by atoms with E-state index in [2.05, 4.69) is 46.4 Å². The maximum absolute atomic E-state index is 12.6. The minimum Gasteiger partial charge on any atom is -0.348 e. The molecule has 2 aromatic heterocycles. The van der Waals surface area contributed by atoms with Crippen molar-refractivity contribution < 1.29 is 4.79 Å². The second-order valence-electron chi connectivity index (χ2n) is 6.59. The van der Waals surface area contributed by atoms with Gasteiger partial charge in [-0.15, -0.1) is 0 Å². The van der Waals surface area contributed by atoms with Crippen LogP contribution in [0.1, 0.15) is 54.9 Å². The average molecular weight is 337 g/mol. The second-order valence-corrected chi connectivity index (χ2v) is 6.59. The molecule has 0 bridgehead atoms. The van der Waals surface area contributed by atoms with Crippen LogP contribution in [0.2, 0.25) is 0 Å². The summed E-state index contributed by atoms with van der Waals surface area (Å²) in [5.74, 6) is 0.496. The molecule has 1 atom stereocenters. The third kappa shape index (κ3) is 4.02. The molecule has 130 valence electrons. The van der Waals surface area contributed by atoms with Crippen LogP contribution in [0.4, 0.5) is 0 Å². The molecular formula is C19H23N5O. The number of hydrogen-bond acceptors (Lipinski definition) is 4. The van der Waals surface area contributed by atoms with Crippen LogP contribution in [-0.2, 0) is 6.42 Å². The number of carbonyl (C=O) groups is 1. The molecule has 0 aliphatic heterocycles. The van der Waals surface area contributed by atoms with Crippen LogP contribution in [0.15, 0.2) is 42.7 Å². The Balaban J connectivity index is 1.69. The molecule has 1 N–H and O–H groups in total. The maximum atomic E-state index is 12.6. The van der Waals surface area contributed by atoms with Crippen molar-refractivity contribution in [3.8, 4) is 0 Å². The van der Waals surface area contributed by atoms with Crippen molar-refractivity contribution in [1.29, 1.82) is 0 Å². The third-order valence-corrected chi connectivity index (χ3v) is 4.19. The highest BCUT2D eigenvalue weighted by molar-refractivity contribution is 5.93. The largest absolute Gasteiger partial charge is 0.348 e. The van der Waals surface area contributed by atoms with Gasteiger partial charge in [-0.05, 0) is 37.3 Å². The summed E-state index contributed by atoms with van der Waals surface area (Å²) in [6.45, 7) is 6.13. The van der Waals surface area contributed by atoms with Gasteiger partial charge in [-0.2, -0.15) is 10.1 Å². The van der Waals surface area contributed by atoms with E-state index in [1.54, 1.807) is 10.6 Å². The summed E-state index contributed by atoms with van der Waals surface area (Å²) in [6, 6.07) is 12.1. The summed E-state index contributed by atoms with van der Waals surface area (Å²) in [6.07, 6.45) is 3.26. The van der Waals surface area contributed by atoms with Gasteiger partial charge in [0.2, 0.25) is 0 Å². The quantitative estimate of drug-likeness (QED) is 0.750. The molecule has 0 saturated heterocycles. The fraction of sp³-hybridized carbons (Fsp3) is 0.368. The fourth-order valence-corrected chi connectivity index (χ4v) is 2.76. The predicted molar refractivity (Wildman–Crippen MR) is 96.6 cm³/mol. The molecule has 6 heteroatoms. The van der Waals surface area contributed by atoms with Gasteiger partial charge in [0.15, 0.2) is 0 Å². The van der Waals surface area contributed by atoms with Crippen LogP contribution in [0.5, 0.6) is 0 Å². The molecule has 0 saturated carbocycles. The zero-order valence-electron chi connectivity index (χ0n) is 14.8. The molecule has 25 heavy (non-hydrogen) atoms. The summed E-state index contributed by atoms with van der Waals surface area (Å²) in [5, 5.41) is 7.21. The van der Waals surface area contributed by atoms with Gasteiger partial charge in [0.1, 0.15) is 12.0 Å². The summed E-state index contributed by atoms with van der Waals surface area (Å²) in [5.41, 5.74) is 2.58. The second kappa shape index (κ2) is 7.42. The Morgan fingerprint density at radius 3 is 2.68 bits per heavy atom. The van der Waals surface area contributed by atoms with Gasteiger partial charge < -0.3 is 5.32 Å². The van der Waals surface area contributed by atoms with Crippen molar-refractivity contribution >= 4 is 11.7 Å². The number of nitrogens with one attached hydrogen (secondary N) is 1. The van der Waals surface area contributed by atoms with Crippen molar-refractivity contribution in [2.45, 2.75) is 45.6 Å². The summed E-state index contributed by atoms with van der Waals surface area (Å²) < 4.78 is 1.68. The number of aryl methyl sites for hydroxylation is 1. The Morgan fingerprint density at radius 1 is 1.20 bits per heavy atom. The number of fused-ring (bicyclic) bond motifs is 1. The van der Waals surface area contributed by atoms with E-state index in [-0.39, 0.29) is 17.9 Å². The lowest BCUT2D eigenvalue weighted by atomic mass is 10.1. The molecule has 0 unspecified atom stereocenters. The lowest BCUT2D eigenvalue weighted by molar-refractivity contribution is 0.0933. The first kappa shape index (κ1) is 17.1. The van der Waals surface area contributed by atoms with E-state index in [9.17, 15) is 4.79 Å². The number of benzene rings is 1. The first-order valence-electron chi connectivity index (χ1n) is 8.60. The number of hydrogen-bond donors (Lipinski definition) is 1. The van der Waals surface area contributed by atoms with Crippen molar-refractivity contribution in [1.82, 2.24) is 24.9 Å². The van der Waals surface area contributed by atoms with E-state index >= 15 is 0 Å². The smallest absolute Gasteiger partial charge is 0.270 e. The Bertz CT molecular complexity index is 857. The van der Waals surface area contributed by atoms with E-state index in [1.807, 2.05) is 25.1 Å². The minimum absolute atomic E-state index is 0.0612. The standard InChI is InChI=1S/C19H23N5O/c1-13(2)17-11-16(23-19-20-12-21-24(17)19)18(25)22-14(3)9-10-15-7-5-4-6-8-15/h4-8,11-14H,9-10H2,1-3H3,(H,22,25)/t14-/m1/s1. The Labute approximate surface area is 147 Å². The van der Waals surface area contributed by atoms with E-state index in [0.29, 0.717) is 11.5 Å². The van der Waals surface area contributed by atoms with Gasteiger partial charge in [0.25, 0.3) is 11.7 Å². The molecule has 1 aromatic carbocycles. The Morgan fingerprint density at radius 2 is 1.96 bits per heavy atom. The van der Waals surface area contributed by atoms with Gasteiger partial charge in [-0.3, -0.25) is 4.79 Å². The van der Waals surface area contributed by atoms with Crippen molar-refractivity contribution in [2.24, 2.45) is 0 Å². The molecule has 0 fully saturated rings. The SMILES string of the molecule is CC(C)c1cc(C(=O)N[C@H](C)CCc2ccccc2)nc2ncnn12. The first-order chi connectivity index (χ1) is 12.0. The highest BCUT2D eigenvalue weighted by Gasteiger charge is 2.16. The minimum atomic E-state index is -0.173. The summed E-state index contributed by atoms with van der Waals surface area (Å²) in [7, 11) is 0. The van der Waals surface area contributed by atoms with Crippen molar-refractivity contribution in [3.63, 3.8) is 0 Å². The van der Waals surface area contributed by atoms with Crippen molar-refractivity contribution in [2.75, 3.05) is 0 Å². The van der Waals surface area contributed by atoms with Crippen LogP contribution >= 0.6 is 0 Å². The van der Waals surface area contributed by atoms with Crippen molar-refractivity contribution in [3.05, 3.63) is 59.7 Å². The van der Waals surface area contributed by atoms with E-state index < -0.39 is 0 Å². The fourth-order valence-electron chi connectivity index (χ4n) is 2.76. The zero-order chi connectivity index (χ0) is 17.8. The van der Waals surface area contributed by atoms with Gasteiger partial charge >= 0.3 is 0 Å². The molecular weight excluding hydrogens is 314 g/mol. The number of aromatic nitrogens is 4. The molecule has 1 amide bonds. The van der Waals surface area contributed by atoms with Gasteiger partial charge in [0.05, 0.1) is 5.69 Å². The van der Waals surface area contributed by atoms with Crippen LogP contribution in [0, 0.1) is 0 Å². The van der Waals surface area contributed by atoms with Gasteiger partial charge in [-0.1, -0.05) is 44.2 Å². The lowest BCUT2D eigenvalue weighted by Gasteiger charge is -2.15. The molecule has 0 radical (unpaired) electrons. The summed E-state index contributed by atoms with van der Waals surface area (Å²) >= 11 is 0. The number of nitrogens with zero attached hydrogens (tertiary/aromatic N) is 4. The molecule has 0 aliphatic rings. The molecule has 3 aromatic rings. The Kier molecular flexibility index (Phi) is 5.07. The lowest BCUT2D eigenvalue weighted by Crippen LogP contribution is -2.33. The van der Waals surface area contributed by atoms with Crippen LogP contribution in [-0.4, -0.2) is 31.5 Å². The van der Waals surface area contributed by atoms with E-state index in [1.165, 1.54) is 11.9 Å². The monoisotopic (exact) mass is 337 g/mol. The molecule has 6 nitrogen and oxygen atoms in total. The number of rotatable bonds is 6. The van der Waals surface area contributed by atoms with E-state index in [0.717, 1.165) is 18.5 Å². The molecule has 2 heterocycles. The number of carbonyl (C=O) groups excluding carboxylic acids is 1. The normalized spacial score (nSPS) is 12.5. The Hall–Kier alpha value is -2.76. The molecule has 3 rings (SSSR count). The van der Waals surface area contributed by atoms with E-state index in [4.69, 9.17) is 0 Å². The van der Waals surface area contributed by atoms with Crippen LogP contribution < -0.4 is 5.32 Å². The highest BCUT2D eigenvalue weighted by Crippen LogP contribution is 2.16. The summed E-state index contributed by atoms with van der Waals surface area (Å²) in [4.78, 5) is 21.0. The first-order valence-corrected chi connectivity index (χ1v) is 8.60. The van der Waals surface area contributed by atoms with Crippen LogP contribution in [0.3, 0.4) is 0 Å². The zero-order valence-corrected chi connectivity index (χ0v) is 14.8. The van der Waals surface area contributed by atoms with Crippen LogP contribution in [0.25, 0.3) is 5.78 Å². The average Bonchev–Trinajstić information content (AvgIpc) is 3.08. The highest BCUT2D eigenvalue weighted by atomic mass is 16.1. The number of amides is 1. The predicted octanol–water partition coefficient (Wildman–Crippen LogP) is 3.00. The molecule has 0 aliphatic carbocycles. The third-order valence-electron chi connectivity index (χ3n) is 4.19. The molecule has 0 spiro atoms. The topological polar surface area (TPSA) is 72.2 Å².